The van der Waals surface area contributed by atoms with Crippen LogP contribution in [0.3, 0.4) is 0 Å². The normalized spacial score (nSPS) is 15.1. The van der Waals surface area contributed by atoms with Crippen LogP contribution in [-0.4, -0.2) is 49.7 Å². The minimum Gasteiger partial charge on any atom is -0.487 e. The van der Waals surface area contributed by atoms with E-state index >= 15 is 0 Å². The summed E-state index contributed by atoms with van der Waals surface area (Å²) in [6, 6.07) is 7.90. The lowest BCUT2D eigenvalue weighted by Crippen LogP contribution is -2.41. The highest BCUT2D eigenvalue weighted by Gasteiger charge is 2.36. The number of rotatable bonds is 11. The number of alkyl carbamates (subject to hydrolysis) is 1. The fourth-order valence-electron chi connectivity index (χ4n) is 4.69. The van der Waals surface area contributed by atoms with Crippen LogP contribution in [-0.2, 0) is 32.6 Å². The Bertz CT molecular complexity index is 1390. The number of carbonyl (C=O) groups is 2. The molecular formula is C28H38N4O7S. The Balaban J connectivity index is 1.53. The number of nitrogens with zero attached hydrogens (tertiary/aromatic N) is 1. The molecule has 218 valence electrons. The number of carboxylic acid groups (broad SMARTS) is 1. The van der Waals surface area contributed by atoms with E-state index in [4.69, 9.17) is 15.2 Å². The topological polar surface area (TPSA) is 169 Å². The highest BCUT2D eigenvalue weighted by molar-refractivity contribution is 7.90. The Morgan fingerprint density at radius 1 is 1.12 bits per heavy atom. The number of aliphatic carboxylic acids is 1. The first-order valence-corrected chi connectivity index (χ1v) is 14.5. The van der Waals surface area contributed by atoms with Crippen LogP contribution in [0, 0.1) is 20.8 Å². The van der Waals surface area contributed by atoms with E-state index in [-0.39, 0.29) is 30.4 Å². The number of carboxylic acids is 1. The Labute approximate surface area is 235 Å². The third-order valence-corrected chi connectivity index (χ3v) is 8.41. The third kappa shape index (κ3) is 7.65. The molecule has 0 aliphatic carbocycles. The second-order valence-electron chi connectivity index (χ2n) is 10.5. The summed E-state index contributed by atoms with van der Waals surface area (Å²) in [6.45, 7) is 9.47. The van der Waals surface area contributed by atoms with Crippen molar-refractivity contribution in [2.24, 2.45) is 10.7 Å². The highest BCUT2D eigenvalue weighted by Crippen LogP contribution is 2.43. The molecule has 2 aromatic carbocycles. The molecule has 0 fully saturated rings. The number of aliphatic imine (C=N–C) groups is 1. The lowest BCUT2D eigenvalue weighted by Gasteiger charge is -2.19. The molecule has 5 N–H and O–H groups in total. The van der Waals surface area contributed by atoms with Gasteiger partial charge in [0.05, 0.1) is 4.90 Å². The van der Waals surface area contributed by atoms with Gasteiger partial charge in [-0.1, -0.05) is 30.3 Å². The molecule has 1 atom stereocenters. The second-order valence-corrected chi connectivity index (χ2v) is 12.1. The van der Waals surface area contributed by atoms with Crippen molar-refractivity contribution in [1.29, 1.82) is 0 Å². The van der Waals surface area contributed by atoms with Gasteiger partial charge in [-0.2, -0.15) is 0 Å². The average molecular weight is 575 g/mol. The highest BCUT2D eigenvalue weighted by atomic mass is 32.2. The second kappa shape index (κ2) is 12.6. The SMILES string of the molecule is Cc1c(C)c(S(=O)(=O)NC(N)=NCCCC[C@H](NC(=O)OCc2ccccc2)C(=O)O)c(C)c2c1OC(C)(C)C2. The number of benzene rings is 2. The minimum atomic E-state index is -4.01. The van der Waals surface area contributed by atoms with Gasteiger partial charge in [-0.25, -0.2) is 22.7 Å². The van der Waals surface area contributed by atoms with Gasteiger partial charge in [-0.3, -0.25) is 4.99 Å². The van der Waals surface area contributed by atoms with Gasteiger partial charge in [0.1, 0.15) is 24.0 Å². The van der Waals surface area contributed by atoms with Crippen molar-refractivity contribution in [2.45, 2.75) is 83.4 Å². The molecule has 12 heteroatoms. The monoisotopic (exact) mass is 574 g/mol. The summed E-state index contributed by atoms with van der Waals surface area (Å²) < 4.78 is 40.0. The predicted molar refractivity (Wildman–Crippen MR) is 151 cm³/mol. The van der Waals surface area contributed by atoms with E-state index in [1.165, 1.54) is 0 Å². The van der Waals surface area contributed by atoms with Crippen LogP contribution in [0.15, 0.2) is 40.2 Å². The van der Waals surface area contributed by atoms with Crippen molar-refractivity contribution in [3.05, 3.63) is 58.1 Å². The van der Waals surface area contributed by atoms with E-state index in [1.54, 1.807) is 26.0 Å². The largest absolute Gasteiger partial charge is 0.487 e. The third-order valence-electron chi connectivity index (χ3n) is 6.79. The Morgan fingerprint density at radius 2 is 1.80 bits per heavy atom. The molecule has 0 saturated carbocycles. The molecule has 1 aliphatic heterocycles. The lowest BCUT2D eigenvalue weighted by atomic mass is 9.94. The first kappa shape index (κ1) is 30.7. The standard InChI is InChI=1S/C28H38N4O7S/c1-17-18(2)24(19(3)21-15-28(4,5)39-23(17)21)40(36,37)32-26(29)30-14-10-9-13-22(25(33)34)31-27(35)38-16-20-11-7-6-8-12-20/h6-8,11-12,22H,9-10,13-16H2,1-5H3,(H,31,35)(H,33,34)(H3,29,30,32)/t22-/m0/s1. The summed E-state index contributed by atoms with van der Waals surface area (Å²) in [5, 5.41) is 11.8. The maximum atomic E-state index is 13.3. The van der Waals surface area contributed by atoms with Gasteiger partial charge in [-0.05, 0) is 76.1 Å². The molecule has 40 heavy (non-hydrogen) atoms. The summed E-state index contributed by atoms with van der Waals surface area (Å²) in [5.74, 6) is -0.707. The first-order valence-electron chi connectivity index (χ1n) is 13.1. The molecule has 0 spiro atoms. The van der Waals surface area contributed by atoms with Crippen molar-refractivity contribution in [2.75, 3.05) is 6.54 Å². The lowest BCUT2D eigenvalue weighted by molar-refractivity contribution is -0.139. The zero-order valence-electron chi connectivity index (χ0n) is 23.5. The molecule has 0 saturated heterocycles. The number of carbonyl (C=O) groups excluding carboxylic acids is 1. The molecule has 0 aromatic heterocycles. The van der Waals surface area contributed by atoms with Crippen LogP contribution in [0.25, 0.3) is 0 Å². The number of hydrogen-bond acceptors (Lipinski definition) is 7. The summed E-state index contributed by atoms with van der Waals surface area (Å²) in [6.07, 6.45) is 0.739. The van der Waals surface area contributed by atoms with Crippen molar-refractivity contribution < 1.29 is 32.6 Å². The number of sulfonamides is 1. The van der Waals surface area contributed by atoms with Crippen LogP contribution in [0.5, 0.6) is 5.75 Å². The van der Waals surface area contributed by atoms with Gasteiger partial charge in [0.2, 0.25) is 5.96 Å². The number of hydrogen-bond donors (Lipinski definition) is 4. The van der Waals surface area contributed by atoms with E-state index in [0.29, 0.717) is 30.4 Å². The molecule has 1 aliphatic rings. The Kier molecular flexibility index (Phi) is 9.67. The number of nitrogens with two attached hydrogens (primary N) is 1. The van der Waals surface area contributed by atoms with Crippen LogP contribution < -0.4 is 20.5 Å². The first-order chi connectivity index (χ1) is 18.7. The number of fused-ring (bicyclic) bond motifs is 1. The van der Waals surface area contributed by atoms with Crippen LogP contribution in [0.2, 0.25) is 0 Å². The molecule has 0 unspecified atom stereocenters. The summed E-state index contributed by atoms with van der Waals surface area (Å²) in [5.41, 5.74) is 9.11. The quantitative estimate of drug-likeness (QED) is 0.180. The molecule has 1 heterocycles. The molecular weight excluding hydrogens is 536 g/mol. The zero-order chi connectivity index (χ0) is 29.7. The van der Waals surface area contributed by atoms with Crippen molar-refractivity contribution >= 4 is 28.0 Å². The molecule has 3 rings (SSSR count). The molecule has 0 radical (unpaired) electrons. The Morgan fingerprint density at radius 3 is 2.45 bits per heavy atom. The van der Waals surface area contributed by atoms with Gasteiger partial charge >= 0.3 is 12.1 Å². The number of ether oxygens (including phenoxy) is 2. The van der Waals surface area contributed by atoms with Gasteiger partial charge in [-0.15, -0.1) is 0 Å². The number of nitrogens with one attached hydrogen (secondary N) is 2. The van der Waals surface area contributed by atoms with Crippen LogP contribution in [0.1, 0.15) is 60.9 Å². The summed E-state index contributed by atoms with van der Waals surface area (Å²) >= 11 is 0. The van der Waals surface area contributed by atoms with Crippen molar-refractivity contribution in [3.8, 4) is 5.75 Å². The van der Waals surface area contributed by atoms with Crippen molar-refractivity contribution in [3.63, 3.8) is 0 Å². The van der Waals surface area contributed by atoms with Crippen LogP contribution >= 0.6 is 0 Å². The van der Waals surface area contributed by atoms with E-state index in [0.717, 1.165) is 22.4 Å². The number of unbranched alkanes of at least 4 members (excludes halogenated alkanes) is 1. The molecule has 2 aromatic rings. The smallest absolute Gasteiger partial charge is 0.408 e. The van der Waals surface area contributed by atoms with Crippen LogP contribution in [0.4, 0.5) is 4.79 Å². The fraction of sp³-hybridized carbons (Fsp3) is 0.464. The van der Waals surface area contributed by atoms with Gasteiger partial charge in [0.25, 0.3) is 10.0 Å². The van der Waals surface area contributed by atoms with Gasteiger partial charge in [0, 0.05) is 18.5 Å². The molecule has 0 bridgehead atoms. The fourth-order valence-corrected chi connectivity index (χ4v) is 6.22. The van der Waals surface area contributed by atoms with Gasteiger partial charge < -0.3 is 25.6 Å². The molecule has 1 amide bonds. The maximum Gasteiger partial charge on any atom is 0.408 e. The summed E-state index contributed by atoms with van der Waals surface area (Å²) in [7, 11) is -4.01. The summed E-state index contributed by atoms with van der Waals surface area (Å²) in [4.78, 5) is 27.8. The van der Waals surface area contributed by atoms with E-state index < -0.39 is 33.7 Å². The van der Waals surface area contributed by atoms with Crippen molar-refractivity contribution in [1.82, 2.24) is 10.0 Å². The minimum absolute atomic E-state index is 0.0265. The molecule has 11 nitrogen and oxygen atoms in total. The predicted octanol–water partition coefficient (Wildman–Crippen LogP) is 3.47. The van der Waals surface area contributed by atoms with E-state index in [2.05, 4.69) is 15.0 Å². The van der Waals surface area contributed by atoms with E-state index in [9.17, 15) is 23.1 Å². The number of guanidine groups is 1. The van der Waals surface area contributed by atoms with E-state index in [1.807, 2.05) is 39.0 Å². The zero-order valence-corrected chi connectivity index (χ0v) is 24.4. The number of amides is 1. The average Bonchev–Trinajstić information content (AvgIpc) is 3.21. The maximum absolute atomic E-state index is 13.3. The van der Waals surface area contributed by atoms with Gasteiger partial charge in [0.15, 0.2) is 0 Å². The Hall–Kier alpha value is -3.80.